The Bertz CT molecular complexity index is 1060. The summed E-state index contributed by atoms with van der Waals surface area (Å²) in [5.74, 6) is 1.26. The predicted octanol–water partition coefficient (Wildman–Crippen LogP) is 6.30. The van der Waals surface area contributed by atoms with E-state index in [0.717, 1.165) is 15.6 Å². The zero-order valence-electron chi connectivity index (χ0n) is 14.1. The number of ether oxygens (including phenoxy) is 2. The number of Topliss-reactive ketones (excluding diaryl/α,β-unsaturated/α-hetero) is 1. The second-order valence-electron chi connectivity index (χ2n) is 6.00. The van der Waals surface area contributed by atoms with Crippen LogP contribution in [0.4, 0.5) is 0 Å². The number of allylic oxidation sites excluding steroid dienone is 1. The fourth-order valence-corrected chi connectivity index (χ4v) is 3.36. The molecule has 0 unspecified atom stereocenters. The molecule has 0 fully saturated rings. The lowest BCUT2D eigenvalue weighted by Crippen LogP contribution is -1.98. The molecule has 0 saturated carbocycles. The predicted molar refractivity (Wildman–Crippen MR) is 109 cm³/mol. The van der Waals surface area contributed by atoms with E-state index in [4.69, 9.17) is 21.1 Å². The van der Waals surface area contributed by atoms with Crippen molar-refractivity contribution in [3.8, 4) is 11.5 Å². The third-order valence-corrected chi connectivity index (χ3v) is 5.28. The van der Waals surface area contributed by atoms with Gasteiger partial charge < -0.3 is 9.47 Å². The van der Waals surface area contributed by atoms with E-state index < -0.39 is 0 Å². The van der Waals surface area contributed by atoms with Crippen molar-refractivity contribution in [3.63, 3.8) is 0 Å². The molecule has 3 nitrogen and oxygen atoms in total. The van der Waals surface area contributed by atoms with E-state index in [2.05, 4.69) is 15.9 Å². The van der Waals surface area contributed by atoms with Crippen LogP contribution in [0.25, 0.3) is 6.08 Å². The van der Waals surface area contributed by atoms with Crippen molar-refractivity contribution in [2.75, 3.05) is 0 Å². The van der Waals surface area contributed by atoms with Crippen LogP contribution in [0.3, 0.4) is 0 Å². The SMILES string of the molecule is O=C1/C(=C/c2ccccc2Br)Oc2cc(OCc3ccccc3Cl)ccc21. The van der Waals surface area contributed by atoms with E-state index in [-0.39, 0.29) is 5.78 Å². The van der Waals surface area contributed by atoms with Crippen molar-refractivity contribution in [3.05, 3.63) is 98.7 Å². The maximum absolute atomic E-state index is 12.6. The molecule has 4 rings (SSSR count). The molecule has 0 spiro atoms. The van der Waals surface area contributed by atoms with Crippen molar-refractivity contribution < 1.29 is 14.3 Å². The van der Waals surface area contributed by atoms with Crippen molar-refractivity contribution in [2.24, 2.45) is 0 Å². The minimum absolute atomic E-state index is 0.140. The molecule has 0 saturated heterocycles. The van der Waals surface area contributed by atoms with Gasteiger partial charge >= 0.3 is 0 Å². The minimum atomic E-state index is -0.140. The molecule has 0 bridgehead atoms. The monoisotopic (exact) mass is 440 g/mol. The van der Waals surface area contributed by atoms with Crippen molar-refractivity contribution in [1.82, 2.24) is 0 Å². The molecule has 134 valence electrons. The van der Waals surface area contributed by atoms with E-state index in [1.165, 1.54) is 0 Å². The average Bonchev–Trinajstić information content (AvgIpc) is 2.98. The molecule has 0 aliphatic carbocycles. The molecule has 0 amide bonds. The van der Waals surface area contributed by atoms with Crippen LogP contribution in [-0.4, -0.2) is 5.78 Å². The van der Waals surface area contributed by atoms with Gasteiger partial charge in [-0.05, 0) is 35.9 Å². The van der Waals surface area contributed by atoms with Gasteiger partial charge in [0.2, 0.25) is 5.78 Å². The van der Waals surface area contributed by atoms with E-state index >= 15 is 0 Å². The number of benzene rings is 3. The van der Waals surface area contributed by atoms with Crippen molar-refractivity contribution in [2.45, 2.75) is 6.61 Å². The van der Waals surface area contributed by atoms with Gasteiger partial charge in [0, 0.05) is 21.1 Å². The van der Waals surface area contributed by atoms with Gasteiger partial charge in [0.05, 0.1) is 5.56 Å². The molecule has 3 aromatic carbocycles. The summed E-state index contributed by atoms with van der Waals surface area (Å²) in [6.45, 7) is 0.339. The molecule has 0 N–H and O–H groups in total. The summed E-state index contributed by atoms with van der Waals surface area (Å²) >= 11 is 9.63. The Morgan fingerprint density at radius 3 is 2.63 bits per heavy atom. The highest BCUT2D eigenvalue weighted by Gasteiger charge is 2.27. The number of carbonyl (C=O) groups is 1. The maximum atomic E-state index is 12.6. The van der Waals surface area contributed by atoms with Gasteiger partial charge in [-0.25, -0.2) is 0 Å². The highest BCUT2D eigenvalue weighted by atomic mass is 79.9. The smallest absolute Gasteiger partial charge is 0.231 e. The van der Waals surface area contributed by atoms with Gasteiger partial charge in [-0.15, -0.1) is 0 Å². The van der Waals surface area contributed by atoms with Crippen LogP contribution in [0.1, 0.15) is 21.5 Å². The molecule has 5 heteroatoms. The number of halogens is 2. The molecular formula is C22H14BrClO3. The van der Waals surface area contributed by atoms with Crippen LogP contribution in [-0.2, 0) is 6.61 Å². The largest absolute Gasteiger partial charge is 0.489 e. The number of hydrogen-bond acceptors (Lipinski definition) is 3. The summed E-state index contributed by atoms with van der Waals surface area (Å²) in [5.41, 5.74) is 2.30. The first-order valence-corrected chi connectivity index (χ1v) is 9.48. The Hall–Kier alpha value is -2.56. The molecule has 0 radical (unpaired) electrons. The minimum Gasteiger partial charge on any atom is -0.489 e. The lowest BCUT2D eigenvalue weighted by atomic mass is 10.1. The normalized spacial score (nSPS) is 14.1. The second-order valence-corrected chi connectivity index (χ2v) is 7.26. The highest BCUT2D eigenvalue weighted by Crippen LogP contribution is 2.35. The van der Waals surface area contributed by atoms with Crippen LogP contribution in [0.15, 0.2) is 77.0 Å². The lowest BCUT2D eigenvalue weighted by Gasteiger charge is -2.08. The van der Waals surface area contributed by atoms with Gasteiger partial charge in [0.25, 0.3) is 0 Å². The molecule has 1 aliphatic rings. The third kappa shape index (κ3) is 3.77. The lowest BCUT2D eigenvalue weighted by molar-refractivity contribution is 0.101. The molecule has 0 atom stereocenters. The number of rotatable bonds is 4. The highest BCUT2D eigenvalue weighted by molar-refractivity contribution is 9.10. The van der Waals surface area contributed by atoms with Gasteiger partial charge in [0.1, 0.15) is 18.1 Å². The molecule has 3 aromatic rings. The summed E-state index contributed by atoms with van der Waals surface area (Å²) in [5, 5.41) is 0.656. The fraction of sp³-hybridized carbons (Fsp3) is 0.0455. The summed E-state index contributed by atoms with van der Waals surface area (Å²) in [7, 11) is 0. The van der Waals surface area contributed by atoms with Gasteiger partial charge in [0.15, 0.2) is 5.76 Å². The van der Waals surface area contributed by atoms with E-state index in [1.807, 2.05) is 48.5 Å². The van der Waals surface area contributed by atoms with E-state index in [1.54, 1.807) is 24.3 Å². The van der Waals surface area contributed by atoms with Crippen molar-refractivity contribution in [1.29, 1.82) is 0 Å². The standard InChI is InChI=1S/C22H14BrClO3/c23-18-7-3-1-5-14(18)11-21-22(25)17-10-9-16(12-20(17)27-21)26-13-15-6-2-4-8-19(15)24/h1-12H,13H2/b21-11-. The van der Waals surface area contributed by atoms with E-state index in [0.29, 0.717) is 34.5 Å². The molecule has 1 heterocycles. The first-order valence-electron chi connectivity index (χ1n) is 8.31. The van der Waals surface area contributed by atoms with Crippen LogP contribution >= 0.6 is 27.5 Å². The van der Waals surface area contributed by atoms with Crippen molar-refractivity contribution >= 4 is 39.4 Å². The number of fused-ring (bicyclic) bond motifs is 1. The Labute approximate surface area is 170 Å². The maximum Gasteiger partial charge on any atom is 0.231 e. The van der Waals surface area contributed by atoms with Crippen LogP contribution < -0.4 is 9.47 Å². The molecule has 0 aromatic heterocycles. The quantitative estimate of drug-likeness (QED) is 0.446. The number of carbonyl (C=O) groups excluding carboxylic acids is 1. The second kappa shape index (κ2) is 7.59. The van der Waals surface area contributed by atoms with Crippen LogP contribution in [0.5, 0.6) is 11.5 Å². The van der Waals surface area contributed by atoms with E-state index in [9.17, 15) is 4.79 Å². The Kier molecular flexibility index (Phi) is 5.01. The Morgan fingerprint density at radius 1 is 1.04 bits per heavy atom. The van der Waals surface area contributed by atoms with Gasteiger partial charge in [-0.3, -0.25) is 4.79 Å². The summed E-state index contributed by atoms with van der Waals surface area (Å²) < 4.78 is 12.5. The van der Waals surface area contributed by atoms with Gasteiger partial charge in [-0.2, -0.15) is 0 Å². The number of ketones is 1. The average molecular weight is 442 g/mol. The zero-order valence-corrected chi connectivity index (χ0v) is 16.5. The topological polar surface area (TPSA) is 35.5 Å². The Morgan fingerprint density at radius 2 is 1.81 bits per heavy atom. The first kappa shape index (κ1) is 17.8. The summed E-state index contributed by atoms with van der Waals surface area (Å²) in [6, 6.07) is 20.4. The van der Waals surface area contributed by atoms with Crippen LogP contribution in [0, 0.1) is 0 Å². The molecule has 1 aliphatic heterocycles. The zero-order chi connectivity index (χ0) is 18.8. The summed E-state index contributed by atoms with van der Waals surface area (Å²) in [4.78, 5) is 12.6. The molecular weight excluding hydrogens is 428 g/mol. The third-order valence-electron chi connectivity index (χ3n) is 4.19. The first-order chi connectivity index (χ1) is 13.1. The fourth-order valence-electron chi connectivity index (χ4n) is 2.77. The molecule has 27 heavy (non-hydrogen) atoms. The summed E-state index contributed by atoms with van der Waals surface area (Å²) in [6.07, 6.45) is 1.73. The van der Waals surface area contributed by atoms with Gasteiger partial charge in [-0.1, -0.05) is 63.9 Å². The number of hydrogen-bond donors (Lipinski definition) is 0. The van der Waals surface area contributed by atoms with Crippen LogP contribution in [0.2, 0.25) is 5.02 Å². The Balaban J connectivity index is 1.54.